The Morgan fingerprint density at radius 3 is 2.27 bits per heavy atom. The Labute approximate surface area is 176 Å². The smallest absolute Gasteiger partial charge is 0.252 e. The number of carbonyl (C=O) groups excluding carboxylic acids is 1. The van der Waals surface area contributed by atoms with Crippen LogP contribution in [0.15, 0.2) is 27.6 Å². The first-order valence-corrected chi connectivity index (χ1v) is 11.1. The van der Waals surface area contributed by atoms with Gasteiger partial charge in [-0.3, -0.25) is 4.79 Å². The van der Waals surface area contributed by atoms with Gasteiger partial charge in [0.1, 0.15) is 10.7 Å². The Morgan fingerprint density at radius 2 is 1.77 bits per heavy atom. The normalized spacial score (nSPS) is 13.0. The minimum Gasteiger partial charge on any atom is -0.340 e. The van der Waals surface area contributed by atoms with E-state index in [1.54, 1.807) is 27.7 Å². The molecule has 0 radical (unpaired) electrons. The highest BCUT2D eigenvalue weighted by Crippen LogP contribution is 2.25. The van der Waals surface area contributed by atoms with E-state index >= 15 is 0 Å². The van der Waals surface area contributed by atoms with Crippen LogP contribution in [-0.4, -0.2) is 41.9 Å². The standard InChI is InChI=1S/C20H29FN4O4S/c1-8-25(9-2)30(27,28)15-12-13(10-11-14(15)21)16(26)23-20(6,7)17-22-18(29-24-17)19(3,4)5/h10-12H,8-9H2,1-7H3,(H,23,26). The molecule has 0 saturated heterocycles. The van der Waals surface area contributed by atoms with Crippen molar-refractivity contribution in [2.45, 2.75) is 64.3 Å². The second kappa shape index (κ2) is 8.43. The molecule has 0 aliphatic heterocycles. The van der Waals surface area contributed by atoms with Crippen LogP contribution in [-0.2, 0) is 21.0 Å². The maximum absolute atomic E-state index is 14.3. The van der Waals surface area contributed by atoms with Gasteiger partial charge in [-0.2, -0.15) is 9.29 Å². The Hall–Kier alpha value is -2.33. The number of hydrogen-bond acceptors (Lipinski definition) is 6. The lowest BCUT2D eigenvalue weighted by molar-refractivity contribution is 0.0907. The van der Waals surface area contributed by atoms with E-state index < -0.39 is 32.2 Å². The van der Waals surface area contributed by atoms with Crippen LogP contribution in [0.3, 0.4) is 0 Å². The summed E-state index contributed by atoms with van der Waals surface area (Å²) >= 11 is 0. The summed E-state index contributed by atoms with van der Waals surface area (Å²) in [4.78, 5) is 16.6. The topological polar surface area (TPSA) is 105 Å². The number of aromatic nitrogens is 2. The van der Waals surface area contributed by atoms with Crippen LogP contribution >= 0.6 is 0 Å². The van der Waals surface area contributed by atoms with Crippen LogP contribution in [0.2, 0.25) is 0 Å². The molecule has 30 heavy (non-hydrogen) atoms. The number of amides is 1. The number of nitrogens with zero attached hydrogens (tertiary/aromatic N) is 3. The monoisotopic (exact) mass is 440 g/mol. The summed E-state index contributed by atoms with van der Waals surface area (Å²) in [6.45, 7) is 12.9. The van der Waals surface area contributed by atoms with Gasteiger partial charge in [-0.1, -0.05) is 39.8 Å². The fourth-order valence-electron chi connectivity index (χ4n) is 2.74. The molecule has 1 amide bonds. The summed E-state index contributed by atoms with van der Waals surface area (Å²) in [6.07, 6.45) is 0. The van der Waals surface area contributed by atoms with Crippen LogP contribution in [0, 0.1) is 5.82 Å². The molecule has 1 aromatic heterocycles. The van der Waals surface area contributed by atoms with E-state index in [1.165, 1.54) is 6.07 Å². The Bertz CT molecular complexity index is 1020. The van der Waals surface area contributed by atoms with Crippen LogP contribution in [0.5, 0.6) is 0 Å². The number of benzene rings is 1. The molecule has 0 saturated carbocycles. The highest BCUT2D eigenvalue weighted by molar-refractivity contribution is 7.89. The molecular weight excluding hydrogens is 411 g/mol. The van der Waals surface area contributed by atoms with Crippen LogP contribution in [0.1, 0.15) is 70.5 Å². The van der Waals surface area contributed by atoms with Crippen molar-refractivity contribution >= 4 is 15.9 Å². The summed E-state index contributed by atoms with van der Waals surface area (Å²) in [5.74, 6) is -0.795. The van der Waals surface area contributed by atoms with Gasteiger partial charge < -0.3 is 9.84 Å². The first-order valence-electron chi connectivity index (χ1n) is 9.71. The van der Waals surface area contributed by atoms with Crippen molar-refractivity contribution in [1.29, 1.82) is 0 Å². The Morgan fingerprint density at radius 1 is 1.17 bits per heavy atom. The van der Waals surface area contributed by atoms with E-state index in [0.717, 1.165) is 16.4 Å². The van der Waals surface area contributed by atoms with Gasteiger partial charge in [0, 0.05) is 24.1 Å². The molecule has 0 unspecified atom stereocenters. The minimum absolute atomic E-state index is 0.00902. The van der Waals surface area contributed by atoms with Crippen molar-refractivity contribution in [3.8, 4) is 0 Å². The molecule has 2 aromatic rings. The molecule has 0 atom stereocenters. The van der Waals surface area contributed by atoms with E-state index in [2.05, 4.69) is 15.5 Å². The van der Waals surface area contributed by atoms with E-state index in [4.69, 9.17) is 4.52 Å². The molecule has 10 heteroatoms. The zero-order valence-corrected chi connectivity index (χ0v) is 19.2. The molecule has 0 spiro atoms. The third-order valence-electron chi connectivity index (χ3n) is 4.57. The van der Waals surface area contributed by atoms with Gasteiger partial charge in [-0.15, -0.1) is 0 Å². The molecule has 166 valence electrons. The van der Waals surface area contributed by atoms with Crippen LogP contribution < -0.4 is 5.32 Å². The first-order chi connectivity index (χ1) is 13.7. The third-order valence-corrected chi connectivity index (χ3v) is 6.63. The van der Waals surface area contributed by atoms with Gasteiger partial charge in [0.25, 0.3) is 5.91 Å². The quantitative estimate of drug-likeness (QED) is 0.709. The summed E-state index contributed by atoms with van der Waals surface area (Å²) in [5, 5.41) is 6.71. The van der Waals surface area contributed by atoms with E-state index in [1.807, 2.05) is 20.8 Å². The van der Waals surface area contributed by atoms with E-state index in [9.17, 15) is 17.6 Å². The van der Waals surface area contributed by atoms with Gasteiger partial charge in [-0.25, -0.2) is 12.8 Å². The molecule has 0 aliphatic carbocycles. The summed E-state index contributed by atoms with van der Waals surface area (Å²) in [7, 11) is -4.06. The maximum Gasteiger partial charge on any atom is 0.252 e. The summed E-state index contributed by atoms with van der Waals surface area (Å²) in [6, 6.07) is 3.26. The zero-order chi connectivity index (χ0) is 22.9. The SMILES string of the molecule is CCN(CC)S(=O)(=O)c1cc(C(=O)NC(C)(C)c2noc(C(C)(C)C)n2)ccc1F. The summed E-state index contributed by atoms with van der Waals surface area (Å²) < 4.78 is 46.2. The first kappa shape index (κ1) is 23.9. The molecule has 1 aromatic carbocycles. The number of carbonyl (C=O) groups is 1. The highest BCUT2D eigenvalue weighted by Gasteiger charge is 2.32. The molecule has 1 heterocycles. The third kappa shape index (κ3) is 4.86. The van der Waals surface area contributed by atoms with Gasteiger partial charge in [0.2, 0.25) is 15.9 Å². The van der Waals surface area contributed by atoms with Crippen molar-refractivity contribution in [2.24, 2.45) is 0 Å². The van der Waals surface area contributed by atoms with Gasteiger partial charge >= 0.3 is 0 Å². The largest absolute Gasteiger partial charge is 0.340 e. The second-order valence-electron chi connectivity index (χ2n) is 8.49. The molecule has 0 aliphatic rings. The minimum atomic E-state index is -4.06. The van der Waals surface area contributed by atoms with Crippen molar-refractivity contribution in [3.63, 3.8) is 0 Å². The number of nitrogens with one attached hydrogen (secondary N) is 1. The zero-order valence-electron chi connectivity index (χ0n) is 18.4. The van der Waals surface area contributed by atoms with Crippen molar-refractivity contribution < 1.29 is 22.1 Å². The van der Waals surface area contributed by atoms with Gasteiger partial charge in [-0.05, 0) is 32.0 Å². The predicted octanol–water partition coefficient (Wildman–Crippen LogP) is 3.20. The molecular formula is C20H29FN4O4S. The van der Waals surface area contributed by atoms with Gasteiger partial charge in [0.15, 0.2) is 5.82 Å². The van der Waals surface area contributed by atoms with Crippen molar-refractivity contribution in [1.82, 2.24) is 19.8 Å². The molecule has 0 fully saturated rings. The van der Waals surface area contributed by atoms with E-state index in [0.29, 0.717) is 5.89 Å². The average Bonchev–Trinajstić information content (AvgIpc) is 3.14. The van der Waals surface area contributed by atoms with Crippen molar-refractivity contribution in [3.05, 3.63) is 41.3 Å². The molecule has 2 rings (SSSR count). The second-order valence-corrected chi connectivity index (χ2v) is 10.4. The lowest BCUT2D eigenvalue weighted by atomic mass is 9.97. The molecule has 8 nitrogen and oxygen atoms in total. The Balaban J connectivity index is 2.34. The molecule has 0 bridgehead atoms. The van der Waals surface area contributed by atoms with Gasteiger partial charge in [0.05, 0.1) is 5.54 Å². The lowest BCUT2D eigenvalue weighted by Gasteiger charge is -2.23. The Kier molecular flexibility index (Phi) is 6.72. The highest BCUT2D eigenvalue weighted by atomic mass is 32.2. The number of sulfonamides is 1. The summed E-state index contributed by atoms with van der Waals surface area (Å²) in [5.41, 5.74) is -1.35. The van der Waals surface area contributed by atoms with Crippen molar-refractivity contribution in [2.75, 3.05) is 13.1 Å². The van der Waals surface area contributed by atoms with E-state index in [-0.39, 0.29) is 29.9 Å². The number of rotatable bonds is 7. The predicted molar refractivity (Wildman–Crippen MR) is 110 cm³/mol. The molecule has 1 N–H and O–H groups in total. The lowest BCUT2D eigenvalue weighted by Crippen LogP contribution is -2.42. The fraction of sp³-hybridized carbons (Fsp3) is 0.550. The number of hydrogen-bond donors (Lipinski definition) is 1. The van der Waals surface area contributed by atoms with Crippen LogP contribution in [0.4, 0.5) is 4.39 Å². The average molecular weight is 441 g/mol. The maximum atomic E-state index is 14.3. The number of halogens is 1. The van der Waals surface area contributed by atoms with Crippen LogP contribution in [0.25, 0.3) is 0 Å². The fourth-order valence-corrected chi connectivity index (χ4v) is 4.29.